The molecule has 0 saturated carbocycles. The van der Waals surface area contributed by atoms with Crippen molar-refractivity contribution in [3.8, 4) is 6.07 Å². The first-order valence-electron chi connectivity index (χ1n) is 6.69. The van der Waals surface area contributed by atoms with Crippen LogP contribution in [0.1, 0.15) is 31.2 Å². The molecular weight excluding hydrogens is 292 g/mol. The normalized spacial score (nSPS) is 18.1. The van der Waals surface area contributed by atoms with Crippen molar-refractivity contribution in [3.63, 3.8) is 0 Å². The van der Waals surface area contributed by atoms with Gasteiger partial charge in [-0.2, -0.15) is 5.26 Å². The van der Waals surface area contributed by atoms with Gasteiger partial charge in [0, 0.05) is 13.0 Å². The number of amides is 1. The molecule has 1 saturated heterocycles. The molecule has 0 radical (unpaired) electrons. The second-order valence-corrected chi connectivity index (χ2v) is 6.52. The molecule has 1 amide bonds. The summed E-state index contributed by atoms with van der Waals surface area (Å²) in [6.45, 7) is 0.704. The molecule has 1 aromatic rings. The number of nitrogens with one attached hydrogen (secondary N) is 1. The summed E-state index contributed by atoms with van der Waals surface area (Å²) in [6, 6.07) is 7.29. The number of carbonyl (C=O) groups excluding carboxylic acids is 1. The number of rotatable bonds is 5. The lowest BCUT2D eigenvalue weighted by molar-refractivity contribution is -0.119. The van der Waals surface area contributed by atoms with Gasteiger partial charge < -0.3 is 4.74 Å². The predicted octanol–water partition coefficient (Wildman–Crippen LogP) is 1.32. The smallest absolute Gasteiger partial charge is 0.264 e. The van der Waals surface area contributed by atoms with Crippen molar-refractivity contribution in [3.05, 3.63) is 29.8 Å². The van der Waals surface area contributed by atoms with Gasteiger partial charge in [-0.05, 0) is 43.5 Å². The van der Waals surface area contributed by atoms with Crippen molar-refractivity contribution in [1.82, 2.24) is 4.72 Å². The minimum Gasteiger partial charge on any atom is -0.378 e. The van der Waals surface area contributed by atoms with Crippen LogP contribution in [-0.2, 0) is 19.6 Å². The molecule has 2 rings (SSSR count). The molecular formula is C14H16N2O4S. The molecule has 0 spiro atoms. The molecule has 6 nitrogen and oxygen atoms in total. The molecule has 7 heteroatoms. The van der Waals surface area contributed by atoms with Crippen LogP contribution in [0.25, 0.3) is 0 Å². The van der Waals surface area contributed by atoms with E-state index in [0.717, 1.165) is 12.8 Å². The average molecular weight is 308 g/mol. The molecule has 1 fully saturated rings. The van der Waals surface area contributed by atoms with E-state index in [1.165, 1.54) is 24.3 Å². The number of benzene rings is 1. The molecule has 1 aliphatic rings. The summed E-state index contributed by atoms with van der Waals surface area (Å²) in [6.07, 6.45) is 2.58. The van der Waals surface area contributed by atoms with Crippen LogP contribution >= 0.6 is 0 Å². The summed E-state index contributed by atoms with van der Waals surface area (Å²) in [5.41, 5.74) is 0.360. The van der Waals surface area contributed by atoms with E-state index in [2.05, 4.69) is 0 Å². The molecule has 1 N–H and O–H groups in total. The maximum atomic E-state index is 12.0. The van der Waals surface area contributed by atoms with E-state index >= 15 is 0 Å². The average Bonchev–Trinajstić information content (AvgIpc) is 2.98. The van der Waals surface area contributed by atoms with Crippen molar-refractivity contribution in [2.45, 2.75) is 36.7 Å². The Balaban J connectivity index is 1.92. The number of nitriles is 1. The van der Waals surface area contributed by atoms with E-state index in [9.17, 15) is 13.2 Å². The number of carbonyl (C=O) groups is 1. The topological polar surface area (TPSA) is 96.3 Å². The third-order valence-electron chi connectivity index (χ3n) is 3.26. The number of hydrogen-bond donors (Lipinski definition) is 1. The molecule has 1 aromatic carbocycles. The van der Waals surface area contributed by atoms with Crippen LogP contribution in [-0.4, -0.2) is 27.0 Å². The standard InChI is InChI=1S/C14H16N2O4S/c15-10-11-3-6-13(7-4-11)21(18,19)16-14(17)8-5-12-2-1-9-20-12/h3-4,6-7,12H,1-2,5,8-9H2,(H,16,17)/t12-/m0/s1. The monoisotopic (exact) mass is 308 g/mol. The fraction of sp³-hybridized carbons (Fsp3) is 0.429. The zero-order chi connectivity index (χ0) is 15.3. The largest absolute Gasteiger partial charge is 0.378 e. The van der Waals surface area contributed by atoms with E-state index in [4.69, 9.17) is 10.00 Å². The van der Waals surface area contributed by atoms with Gasteiger partial charge in [-0.3, -0.25) is 4.79 Å². The van der Waals surface area contributed by atoms with Crippen LogP contribution in [0.4, 0.5) is 0 Å². The molecule has 0 aliphatic carbocycles. The van der Waals surface area contributed by atoms with Gasteiger partial charge in [0.2, 0.25) is 5.91 Å². The first-order valence-corrected chi connectivity index (χ1v) is 8.17. The third-order valence-corrected chi connectivity index (χ3v) is 4.65. The van der Waals surface area contributed by atoms with Crippen molar-refractivity contribution in [1.29, 1.82) is 5.26 Å². The van der Waals surface area contributed by atoms with Gasteiger partial charge in [0.05, 0.1) is 22.6 Å². The van der Waals surface area contributed by atoms with Crippen LogP contribution < -0.4 is 4.72 Å². The van der Waals surface area contributed by atoms with Crippen LogP contribution in [0.15, 0.2) is 29.2 Å². The summed E-state index contributed by atoms with van der Waals surface area (Å²) in [4.78, 5) is 11.7. The van der Waals surface area contributed by atoms with Gasteiger partial charge in [-0.15, -0.1) is 0 Å². The maximum absolute atomic E-state index is 12.0. The van der Waals surface area contributed by atoms with Crippen LogP contribution in [0, 0.1) is 11.3 Å². The molecule has 0 bridgehead atoms. The fourth-order valence-corrected chi connectivity index (χ4v) is 3.15. The Hall–Kier alpha value is -1.91. The zero-order valence-electron chi connectivity index (χ0n) is 11.4. The van der Waals surface area contributed by atoms with Crippen LogP contribution in [0.3, 0.4) is 0 Å². The molecule has 21 heavy (non-hydrogen) atoms. The van der Waals surface area contributed by atoms with Gasteiger partial charge in [0.15, 0.2) is 0 Å². The van der Waals surface area contributed by atoms with Crippen molar-refractivity contribution >= 4 is 15.9 Å². The lowest BCUT2D eigenvalue weighted by Crippen LogP contribution is -2.31. The second-order valence-electron chi connectivity index (χ2n) is 4.84. The highest BCUT2D eigenvalue weighted by molar-refractivity contribution is 7.90. The van der Waals surface area contributed by atoms with Crippen LogP contribution in [0.2, 0.25) is 0 Å². The van der Waals surface area contributed by atoms with E-state index < -0.39 is 15.9 Å². The number of ether oxygens (including phenoxy) is 1. The van der Waals surface area contributed by atoms with Crippen molar-refractivity contribution in [2.24, 2.45) is 0 Å². The number of sulfonamides is 1. The number of hydrogen-bond acceptors (Lipinski definition) is 5. The predicted molar refractivity (Wildman–Crippen MR) is 74.7 cm³/mol. The van der Waals surface area contributed by atoms with Gasteiger partial charge >= 0.3 is 0 Å². The molecule has 0 unspecified atom stereocenters. The highest BCUT2D eigenvalue weighted by Gasteiger charge is 2.20. The Bertz CT molecular complexity index is 641. The Kier molecular flexibility index (Phi) is 4.94. The quantitative estimate of drug-likeness (QED) is 0.885. The lowest BCUT2D eigenvalue weighted by atomic mass is 10.1. The molecule has 1 heterocycles. The first kappa shape index (κ1) is 15.5. The minimum atomic E-state index is -3.88. The van der Waals surface area contributed by atoms with Gasteiger partial charge in [-0.25, -0.2) is 13.1 Å². The zero-order valence-corrected chi connectivity index (χ0v) is 12.2. The fourth-order valence-electron chi connectivity index (χ4n) is 2.13. The van der Waals surface area contributed by atoms with E-state index in [-0.39, 0.29) is 17.4 Å². The first-order chi connectivity index (χ1) is 10.0. The van der Waals surface area contributed by atoms with Crippen molar-refractivity contribution < 1.29 is 17.9 Å². The summed E-state index contributed by atoms with van der Waals surface area (Å²) in [5.74, 6) is -0.546. The lowest BCUT2D eigenvalue weighted by Gasteiger charge is -2.10. The van der Waals surface area contributed by atoms with Gasteiger partial charge in [0.25, 0.3) is 10.0 Å². The summed E-state index contributed by atoms with van der Waals surface area (Å²) in [5, 5.41) is 8.67. The minimum absolute atomic E-state index is 0.0352. The Labute approximate surface area is 123 Å². The summed E-state index contributed by atoms with van der Waals surface area (Å²) in [7, 11) is -3.88. The highest BCUT2D eigenvalue weighted by Crippen LogP contribution is 2.17. The summed E-state index contributed by atoms with van der Waals surface area (Å²) < 4.78 is 31.4. The molecule has 112 valence electrons. The van der Waals surface area contributed by atoms with E-state index in [1.807, 2.05) is 10.8 Å². The van der Waals surface area contributed by atoms with E-state index in [0.29, 0.717) is 18.6 Å². The van der Waals surface area contributed by atoms with Crippen LogP contribution in [0.5, 0.6) is 0 Å². The van der Waals surface area contributed by atoms with Crippen molar-refractivity contribution in [2.75, 3.05) is 6.61 Å². The highest BCUT2D eigenvalue weighted by atomic mass is 32.2. The Morgan fingerprint density at radius 3 is 2.67 bits per heavy atom. The Morgan fingerprint density at radius 2 is 2.10 bits per heavy atom. The SMILES string of the molecule is N#Cc1ccc(S(=O)(=O)NC(=O)CC[C@@H]2CCCO2)cc1. The summed E-state index contributed by atoms with van der Waals surface area (Å²) >= 11 is 0. The van der Waals surface area contributed by atoms with Gasteiger partial charge in [0.1, 0.15) is 0 Å². The molecule has 0 aromatic heterocycles. The molecule has 1 atom stereocenters. The van der Waals surface area contributed by atoms with Gasteiger partial charge in [-0.1, -0.05) is 0 Å². The number of nitrogens with zero attached hydrogens (tertiary/aromatic N) is 1. The Morgan fingerprint density at radius 1 is 1.38 bits per heavy atom. The second kappa shape index (κ2) is 6.70. The van der Waals surface area contributed by atoms with E-state index in [1.54, 1.807) is 0 Å². The maximum Gasteiger partial charge on any atom is 0.264 e. The molecule has 1 aliphatic heterocycles. The third kappa shape index (κ3) is 4.28.